The summed E-state index contributed by atoms with van der Waals surface area (Å²) in [5.41, 5.74) is 5.44. The molecule has 0 bridgehead atoms. The van der Waals surface area contributed by atoms with Gasteiger partial charge in [-0.25, -0.2) is 0 Å². The number of halogens is 3. The molecule has 3 N–H and O–H groups in total. The van der Waals surface area contributed by atoms with E-state index in [0.717, 1.165) is 6.42 Å². The van der Waals surface area contributed by atoms with Crippen molar-refractivity contribution >= 4 is 5.96 Å². The van der Waals surface area contributed by atoms with Crippen LogP contribution in [0.4, 0.5) is 13.2 Å². The van der Waals surface area contributed by atoms with Crippen molar-refractivity contribution in [3.63, 3.8) is 0 Å². The fraction of sp³-hybridized carbons (Fsp3) is 0.889. The maximum Gasteiger partial charge on any atom is 0.389 e. The molecule has 0 atom stereocenters. The second-order valence-corrected chi connectivity index (χ2v) is 3.27. The molecule has 0 saturated carbocycles. The Bertz CT molecular complexity index is 190. The average Bonchev–Trinajstić information content (AvgIpc) is 2.12. The monoisotopic (exact) mass is 225 g/mol. The lowest BCUT2D eigenvalue weighted by molar-refractivity contribution is -0.135. The molecule has 0 fully saturated rings. The maximum atomic E-state index is 11.7. The highest BCUT2D eigenvalue weighted by atomic mass is 19.4. The first kappa shape index (κ1) is 14.1. The summed E-state index contributed by atoms with van der Waals surface area (Å²) in [5, 5.41) is 2.76. The highest BCUT2D eigenvalue weighted by Crippen LogP contribution is 2.21. The highest BCUT2D eigenvalue weighted by Gasteiger charge is 2.25. The molecule has 15 heavy (non-hydrogen) atoms. The zero-order valence-electron chi connectivity index (χ0n) is 8.90. The molecule has 0 heterocycles. The highest BCUT2D eigenvalue weighted by molar-refractivity contribution is 5.77. The van der Waals surface area contributed by atoms with Gasteiger partial charge in [-0.05, 0) is 19.3 Å². The minimum atomic E-state index is -4.05. The van der Waals surface area contributed by atoms with E-state index < -0.39 is 12.6 Å². The zero-order valence-corrected chi connectivity index (χ0v) is 8.90. The van der Waals surface area contributed by atoms with E-state index in [2.05, 4.69) is 10.3 Å². The quantitative estimate of drug-likeness (QED) is 0.413. The lowest BCUT2D eigenvalue weighted by Crippen LogP contribution is -2.32. The summed E-state index contributed by atoms with van der Waals surface area (Å²) < 4.78 is 35.2. The Morgan fingerprint density at radius 3 is 2.53 bits per heavy atom. The van der Waals surface area contributed by atoms with E-state index in [4.69, 9.17) is 5.73 Å². The molecule has 0 saturated heterocycles. The molecule has 0 aliphatic heterocycles. The fourth-order valence-corrected chi connectivity index (χ4v) is 0.955. The number of alkyl halides is 3. The summed E-state index contributed by atoms with van der Waals surface area (Å²) in [4.78, 5) is 3.95. The fourth-order valence-electron chi connectivity index (χ4n) is 0.955. The predicted octanol–water partition coefficient (Wildman–Crippen LogP) is 2.03. The number of nitrogens with one attached hydrogen (secondary N) is 1. The van der Waals surface area contributed by atoms with Crippen LogP contribution < -0.4 is 11.1 Å². The average molecular weight is 225 g/mol. The van der Waals surface area contributed by atoms with Crippen LogP contribution in [0, 0.1) is 0 Å². The van der Waals surface area contributed by atoms with Gasteiger partial charge < -0.3 is 11.1 Å². The molecule has 0 radical (unpaired) electrons. The van der Waals surface area contributed by atoms with Crippen molar-refractivity contribution in [1.82, 2.24) is 5.32 Å². The van der Waals surface area contributed by atoms with Gasteiger partial charge in [0.1, 0.15) is 0 Å². The van der Waals surface area contributed by atoms with Gasteiger partial charge in [-0.1, -0.05) is 6.92 Å². The van der Waals surface area contributed by atoms with Gasteiger partial charge in [-0.15, -0.1) is 0 Å². The first-order valence-corrected chi connectivity index (χ1v) is 5.06. The number of hydrogen-bond donors (Lipinski definition) is 2. The number of guanidine groups is 1. The van der Waals surface area contributed by atoms with Gasteiger partial charge in [0.05, 0.1) is 0 Å². The number of nitrogens with two attached hydrogens (primary N) is 1. The molecule has 0 aliphatic carbocycles. The number of hydrogen-bond acceptors (Lipinski definition) is 1. The van der Waals surface area contributed by atoms with Crippen molar-refractivity contribution in [1.29, 1.82) is 0 Å². The van der Waals surface area contributed by atoms with Crippen molar-refractivity contribution in [3.05, 3.63) is 0 Å². The van der Waals surface area contributed by atoms with E-state index in [9.17, 15) is 13.2 Å². The smallest absolute Gasteiger partial charge is 0.370 e. The molecule has 0 amide bonds. The number of aliphatic imine (C=N–C) groups is 1. The van der Waals surface area contributed by atoms with Gasteiger partial charge in [-0.3, -0.25) is 4.99 Å². The second-order valence-electron chi connectivity index (χ2n) is 3.27. The van der Waals surface area contributed by atoms with Crippen LogP contribution >= 0.6 is 0 Å². The van der Waals surface area contributed by atoms with Gasteiger partial charge in [0, 0.05) is 19.5 Å². The van der Waals surface area contributed by atoms with Crippen molar-refractivity contribution in [2.75, 3.05) is 13.1 Å². The molecule has 0 spiro atoms. The lowest BCUT2D eigenvalue weighted by atomic mass is 10.2. The van der Waals surface area contributed by atoms with Crippen LogP contribution in [0.5, 0.6) is 0 Å². The van der Waals surface area contributed by atoms with Gasteiger partial charge >= 0.3 is 6.18 Å². The minimum Gasteiger partial charge on any atom is -0.370 e. The molecule has 0 rings (SSSR count). The van der Waals surface area contributed by atoms with Crippen molar-refractivity contribution in [2.24, 2.45) is 10.7 Å². The van der Waals surface area contributed by atoms with E-state index >= 15 is 0 Å². The van der Waals surface area contributed by atoms with Crippen molar-refractivity contribution < 1.29 is 13.2 Å². The van der Waals surface area contributed by atoms with Crippen LogP contribution in [0.15, 0.2) is 4.99 Å². The standard InChI is InChI=1S/C9H18F3N3/c1-2-6-14-8(13)15-7-4-3-5-9(10,11)12/h2-7H2,1H3,(H3,13,14,15). The van der Waals surface area contributed by atoms with Crippen molar-refractivity contribution in [3.8, 4) is 0 Å². The third-order valence-electron chi connectivity index (χ3n) is 1.70. The van der Waals surface area contributed by atoms with Crippen LogP contribution in [-0.4, -0.2) is 25.2 Å². The predicted molar refractivity (Wildman–Crippen MR) is 54.7 cm³/mol. The Morgan fingerprint density at radius 2 is 2.00 bits per heavy atom. The molecule has 0 aliphatic rings. The minimum absolute atomic E-state index is 0.123. The second kappa shape index (κ2) is 7.36. The summed E-state index contributed by atoms with van der Waals surface area (Å²) in [6, 6.07) is 0. The molecule has 0 aromatic carbocycles. The van der Waals surface area contributed by atoms with E-state index in [0.29, 0.717) is 25.5 Å². The molecular formula is C9H18F3N3. The normalized spacial score (nSPS) is 12.9. The third kappa shape index (κ3) is 11.0. The van der Waals surface area contributed by atoms with E-state index in [1.165, 1.54) is 0 Å². The van der Waals surface area contributed by atoms with Gasteiger partial charge in [-0.2, -0.15) is 13.2 Å². The van der Waals surface area contributed by atoms with Crippen LogP contribution in [0.3, 0.4) is 0 Å². The van der Waals surface area contributed by atoms with Crippen molar-refractivity contribution in [2.45, 2.75) is 38.8 Å². The molecule has 6 heteroatoms. The Labute approximate surface area is 87.9 Å². The van der Waals surface area contributed by atoms with E-state index in [-0.39, 0.29) is 6.42 Å². The molecular weight excluding hydrogens is 207 g/mol. The molecule has 0 aromatic rings. The van der Waals surface area contributed by atoms with Crippen LogP contribution in [0.25, 0.3) is 0 Å². The summed E-state index contributed by atoms with van der Waals surface area (Å²) >= 11 is 0. The summed E-state index contributed by atoms with van der Waals surface area (Å²) in [7, 11) is 0. The maximum absolute atomic E-state index is 11.7. The zero-order chi connectivity index (χ0) is 11.7. The summed E-state index contributed by atoms with van der Waals surface area (Å²) in [6.45, 7) is 3.05. The van der Waals surface area contributed by atoms with E-state index in [1.54, 1.807) is 0 Å². The van der Waals surface area contributed by atoms with Gasteiger partial charge in [0.25, 0.3) is 0 Å². The Balaban J connectivity index is 3.39. The SMILES string of the molecule is CCCN=C(N)NCCCCC(F)(F)F. The van der Waals surface area contributed by atoms with Crippen LogP contribution in [-0.2, 0) is 0 Å². The summed E-state index contributed by atoms with van der Waals surface area (Å²) in [6.07, 6.45) is -3.32. The first-order chi connectivity index (χ1) is 6.95. The largest absolute Gasteiger partial charge is 0.389 e. The lowest BCUT2D eigenvalue weighted by Gasteiger charge is -2.07. The molecule has 0 unspecified atom stereocenters. The Hall–Kier alpha value is -0.940. The Morgan fingerprint density at radius 1 is 1.33 bits per heavy atom. The number of unbranched alkanes of at least 4 members (excludes halogenated alkanes) is 1. The summed E-state index contributed by atoms with van der Waals surface area (Å²) in [5.74, 6) is 0.309. The van der Waals surface area contributed by atoms with Gasteiger partial charge in [0.2, 0.25) is 0 Å². The van der Waals surface area contributed by atoms with Crippen LogP contribution in [0.2, 0.25) is 0 Å². The topological polar surface area (TPSA) is 50.4 Å². The molecule has 0 aromatic heterocycles. The van der Waals surface area contributed by atoms with E-state index in [1.807, 2.05) is 6.92 Å². The molecule has 90 valence electrons. The third-order valence-corrected chi connectivity index (χ3v) is 1.70. The van der Waals surface area contributed by atoms with Gasteiger partial charge in [0.15, 0.2) is 5.96 Å². The Kier molecular flexibility index (Phi) is 6.90. The number of rotatable bonds is 6. The molecule has 3 nitrogen and oxygen atoms in total. The van der Waals surface area contributed by atoms with Crippen LogP contribution in [0.1, 0.15) is 32.6 Å². The first-order valence-electron chi connectivity index (χ1n) is 5.06. The number of nitrogens with zero attached hydrogens (tertiary/aromatic N) is 1.